The molecular formula is C30H36N4O4. The van der Waals surface area contributed by atoms with Crippen molar-refractivity contribution >= 4 is 5.91 Å². The molecule has 1 amide bonds. The molecular weight excluding hydrogens is 480 g/mol. The van der Waals surface area contributed by atoms with Crippen LogP contribution in [0.1, 0.15) is 61.9 Å². The van der Waals surface area contributed by atoms with Crippen LogP contribution in [0.15, 0.2) is 54.9 Å². The Balaban J connectivity index is 1.29. The number of hydrogen-bond acceptors (Lipinski definition) is 6. The quantitative estimate of drug-likeness (QED) is 0.418. The van der Waals surface area contributed by atoms with Gasteiger partial charge in [-0.05, 0) is 56.5 Å². The van der Waals surface area contributed by atoms with Crippen molar-refractivity contribution in [1.29, 1.82) is 0 Å². The number of nitrogens with zero attached hydrogens (tertiary/aromatic N) is 4. The van der Waals surface area contributed by atoms with Gasteiger partial charge in [-0.2, -0.15) is 5.10 Å². The van der Waals surface area contributed by atoms with Gasteiger partial charge >= 0.3 is 0 Å². The number of carbonyl (C=O) groups excluding carboxylic acids is 1. The zero-order chi connectivity index (χ0) is 26.3. The lowest BCUT2D eigenvalue weighted by molar-refractivity contribution is -0.0439. The van der Waals surface area contributed by atoms with Crippen molar-refractivity contribution in [3.63, 3.8) is 0 Å². The molecule has 1 aromatic heterocycles. The predicted molar refractivity (Wildman–Crippen MR) is 144 cm³/mol. The Bertz CT molecular complexity index is 1300. The second kappa shape index (κ2) is 9.98. The Morgan fingerprint density at radius 1 is 1.13 bits per heavy atom. The topological polar surface area (TPSA) is 69.1 Å². The van der Waals surface area contributed by atoms with Crippen molar-refractivity contribution < 1.29 is 19.0 Å². The number of carbonyl (C=O) groups is 1. The normalized spacial score (nSPS) is 20.3. The van der Waals surface area contributed by atoms with Gasteiger partial charge < -0.3 is 19.1 Å². The first-order valence-electron chi connectivity index (χ1n) is 13.6. The van der Waals surface area contributed by atoms with Crippen molar-refractivity contribution in [1.82, 2.24) is 19.6 Å². The largest absolute Gasteiger partial charge is 0.493 e. The molecule has 2 aliphatic heterocycles. The van der Waals surface area contributed by atoms with E-state index < -0.39 is 5.79 Å². The van der Waals surface area contributed by atoms with Gasteiger partial charge in [0.1, 0.15) is 0 Å². The number of rotatable bonds is 8. The van der Waals surface area contributed by atoms with Crippen molar-refractivity contribution in [2.45, 2.75) is 70.4 Å². The summed E-state index contributed by atoms with van der Waals surface area (Å²) in [6.45, 7) is 5.97. The van der Waals surface area contributed by atoms with Crippen LogP contribution in [0, 0.1) is 0 Å². The molecule has 3 aromatic rings. The minimum absolute atomic E-state index is 0.0488. The van der Waals surface area contributed by atoms with Crippen LogP contribution in [-0.2, 0) is 6.54 Å². The average Bonchev–Trinajstić information content (AvgIpc) is 3.60. The third-order valence-electron chi connectivity index (χ3n) is 7.91. The molecule has 1 atom stereocenters. The van der Waals surface area contributed by atoms with E-state index in [0.717, 1.165) is 24.2 Å². The van der Waals surface area contributed by atoms with Crippen LogP contribution in [-0.4, -0.2) is 63.6 Å². The van der Waals surface area contributed by atoms with E-state index in [1.807, 2.05) is 66.2 Å². The minimum atomic E-state index is -0.809. The summed E-state index contributed by atoms with van der Waals surface area (Å²) in [7, 11) is 1.59. The van der Waals surface area contributed by atoms with Gasteiger partial charge in [0.05, 0.1) is 19.0 Å². The molecule has 2 aromatic carbocycles. The van der Waals surface area contributed by atoms with E-state index in [1.54, 1.807) is 19.2 Å². The van der Waals surface area contributed by atoms with Gasteiger partial charge in [0.2, 0.25) is 11.5 Å². The minimum Gasteiger partial charge on any atom is -0.493 e. The molecule has 0 spiro atoms. The first-order valence-corrected chi connectivity index (χ1v) is 13.6. The molecule has 0 N–H and O–H groups in total. The molecule has 1 aliphatic carbocycles. The smallest absolute Gasteiger partial charge is 0.254 e. The summed E-state index contributed by atoms with van der Waals surface area (Å²) in [5.74, 6) is 0.719. The van der Waals surface area contributed by atoms with E-state index in [0.29, 0.717) is 48.0 Å². The van der Waals surface area contributed by atoms with E-state index in [9.17, 15) is 4.79 Å². The van der Waals surface area contributed by atoms with Gasteiger partial charge in [-0.3, -0.25) is 9.69 Å². The predicted octanol–water partition coefficient (Wildman–Crippen LogP) is 5.05. The number of amides is 1. The average molecular weight is 517 g/mol. The SMILES string of the molecule is COc1cc(C(=O)N(Cc2cnn(-c3ccccc3)c2)C[C@@H]2CCCN2C2CCC2)cc2c1OC(C)(C)O2. The monoisotopic (exact) mass is 516 g/mol. The highest BCUT2D eigenvalue weighted by Crippen LogP contribution is 2.47. The fourth-order valence-corrected chi connectivity index (χ4v) is 5.85. The zero-order valence-corrected chi connectivity index (χ0v) is 22.4. The first-order chi connectivity index (χ1) is 18.4. The van der Waals surface area contributed by atoms with Crippen LogP contribution in [0.2, 0.25) is 0 Å². The van der Waals surface area contributed by atoms with E-state index in [1.165, 1.54) is 25.7 Å². The number of benzene rings is 2. The van der Waals surface area contributed by atoms with Gasteiger partial charge in [0.15, 0.2) is 11.5 Å². The standard InChI is InChI=1S/C30H36N4O4/c1-30(2)37-27-16-22(15-26(36-3)28(27)38-30)29(35)32(20-25-13-8-14-33(25)23-11-7-12-23)18-21-17-31-34(19-21)24-9-5-4-6-10-24/h4-6,9-10,15-17,19,23,25H,7-8,11-14,18,20H2,1-3H3/t25-/m0/s1. The van der Waals surface area contributed by atoms with Gasteiger partial charge in [-0.1, -0.05) is 24.6 Å². The number of ether oxygens (including phenoxy) is 3. The molecule has 2 fully saturated rings. The lowest BCUT2D eigenvalue weighted by Gasteiger charge is -2.40. The van der Waals surface area contributed by atoms with Crippen molar-refractivity contribution in [2.24, 2.45) is 0 Å². The summed E-state index contributed by atoms with van der Waals surface area (Å²) in [6.07, 6.45) is 10.0. The molecule has 3 heterocycles. The highest BCUT2D eigenvalue weighted by atomic mass is 16.7. The zero-order valence-electron chi connectivity index (χ0n) is 22.4. The second-order valence-corrected chi connectivity index (χ2v) is 11.0. The summed E-state index contributed by atoms with van der Waals surface area (Å²) in [5, 5.41) is 4.57. The Kier molecular flexibility index (Phi) is 6.51. The number of fused-ring (bicyclic) bond motifs is 1. The maximum Gasteiger partial charge on any atom is 0.254 e. The van der Waals surface area contributed by atoms with Crippen molar-refractivity contribution in [2.75, 3.05) is 20.2 Å². The maximum absolute atomic E-state index is 14.1. The van der Waals surface area contributed by atoms with E-state index >= 15 is 0 Å². The molecule has 0 unspecified atom stereocenters. The Hall–Kier alpha value is -3.52. The van der Waals surface area contributed by atoms with Crippen LogP contribution in [0.3, 0.4) is 0 Å². The second-order valence-electron chi connectivity index (χ2n) is 11.0. The number of likely N-dealkylation sites (tertiary alicyclic amines) is 1. The van der Waals surface area contributed by atoms with Crippen LogP contribution < -0.4 is 14.2 Å². The molecule has 8 heteroatoms. The van der Waals surface area contributed by atoms with Gasteiger partial charge in [-0.15, -0.1) is 0 Å². The lowest BCUT2D eigenvalue weighted by Crippen LogP contribution is -2.48. The molecule has 1 saturated heterocycles. The Labute approximate surface area is 224 Å². The Morgan fingerprint density at radius 3 is 2.68 bits per heavy atom. The summed E-state index contributed by atoms with van der Waals surface area (Å²) < 4.78 is 19.4. The van der Waals surface area contributed by atoms with Gasteiger partial charge in [0, 0.05) is 56.3 Å². The number of hydrogen-bond donors (Lipinski definition) is 0. The molecule has 38 heavy (non-hydrogen) atoms. The number of methoxy groups -OCH3 is 1. The first kappa shape index (κ1) is 24.8. The number of aromatic nitrogens is 2. The fourth-order valence-electron chi connectivity index (χ4n) is 5.85. The van der Waals surface area contributed by atoms with Crippen LogP contribution in [0.4, 0.5) is 0 Å². The van der Waals surface area contributed by atoms with Crippen LogP contribution in [0.5, 0.6) is 17.2 Å². The van der Waals surface area contributed by atoms with Crippen molar-refractivity contribution in [3.8, 4) is 22.9 Å². The molecule has 6 rings (SSSR count). The van der Waals surface area contributed by atoms with E-state index in [4.69, 9.17) is 14.2 Å². The fraction of sp³-hybridized carbons (Fsp3) is 0.467. The van der Waals surface area contributed by atoms with Crippen LogP contribution >= 0.6 is 0 Å². The lowest BCUT2D eigenvalue weighted by atomic mass is 9.91. The highest BCUT2D eigenvalue weighted by Gasteiger charge is 2.38. The molecule has 1 saturated carbocycles. The number of para-hydroxylation sites is 1. The van der Waals surface area contributed by atoms with Gasteiger partial charge in [-0.25, -0.2) is 4.68 Å². The van der Waals surface area contributed by atoms with Crippen LogP contribution in [0.25, 0.3) is 5.69 Å². The molecule has 0 bridgehead atoms. The Morgan fingerprint density at radius 2 is 1.95 bits per heavy atom. The summed E-state index contributed by atoms with van der Waals surface area (Å²) >= 11 is 0. The maximum atomic E-state index is 14.1. The molecule has 8 nitrogen and oxygen atoms in total. The van der Waals surface area contributed by atoms with E-state index in [-0.39, 0.29) is 5.91 Å². The summed E-state index contributed by atoms with van der Waals surface area (Å²) in [4.78, 5) is 18.7. The third kappa shape index (κ3) is 4.85. The third-order valence-corrected chi connectivity index (χ3v) is 7.91. The highest BCUT2D eigenvalue weighted by molar-refractivity contribution is 5.95. The molecule has 0 radical (unpaired) electrons. The summed E-state index contributed by atoms with van der Waals surface area (Å²) in [5.41, 5.74) is 2.52. The van der Waals surface area contributed by atoms with E-state index in [2.05, 4.69) is 10.00 Å². The molecule has 3 aliphatic rings. The summed E-state index contributed by atoms with van der Waals surface area (Å²) in [6, 6.07) is 14.6. The van der Waals surface area contributed by atoms with Gasteiger partial charge in [0.25, 0.3) is 5.91 Å². The van der Waals surface area contributed by atoms with Crippen molar-refractivity contribution in [3.05, 3.63) is 66.0 Å². The molecule has 200 valence electrons.